The van der Waals surface area contributed by atoms with Crippen LogP contribution in [0.5, 0.6) is 0 Å². The summed E-state index contributed by atoms with van der Waals surface area (Å²) in [7, 11) is 0. The van der Waals surface area contributed by atoms with Crippen molar-refractivity contribution in [2.45, 2.75) is 6.04 Å². The molecule has 1 aliphatic heterocycles. The van der Waals surface area contributed by atoms with E-state index in [-0.39, 0.29) is 11.9 Å². The van der Waals surface area contributed by atoms with Crippen molar-refractivity contribution in [1.82, 2.24) is 15.5 Å². The molecule has 1 aliphatic rings. The second-order valence-corrected chi connectivity index (χ2v) is 5.32. The number of nitrogens with one attached hydrogen (secondary N) is 1. The Balaban J connectivity index is 1.85. The Kier molecular flexibility index (Phi) is 3.48. The average Bonchev–Trinajstić information content (AvgIpc) is 2.93. The number of halogens is 2. The Morgan fingerprint density at radius 2 is 2.21 bits per heavy atom. The van der Waals surface area contributed by atoms with Crippen LogP contribution in [0.15, 0.2) is 22.7 Å². The van der Waals surface area contributed by atoms with E-state index in [1.165, 1.54) is 6.07 Å². The van der Waals surface area contributed by atoms with Crippen LogP contribution in [0.2, 0.25) is 0 Å². The van der Waals surface area contributed by atoms with Crippen LogP contribution in [-0.2, 0) is 0 Å². The van der Waals surface area contributed by atoms with Crippen molar-refractivity contribution in [2.24, 2.45) is 0 Å². The summed E-state index contributed by atoms with van der Waals surface area (Å²) in [5, 5.41) is 7.08. The van der Waals surface area contributed by atoms with Gasteiger partial charge >= 0.3 is 0 Å². The molecule has 1 saturated heterocycles. The van der Waals surface area contributed by atoms with Crippen molar-refractivity contribution < 1.29 is 13.3 Å². The zero-order valence-corrected chi connectivity index (χ0v) is 10.7. The third kappa shape index (κ3) is 2.62. The summed E-state index contributed by atoms with van der Waals surface area (Å²) in [6.07, 6.45) is 0. The van der Waals surface area contributed by atoms with Gasteiger partial charge in [0.15, 0.2) is 11.6 Å². The number of hydrogen-bond donors (Lipinski definition) is 1. The Morgan fingerprint density at radius 3 is 2.95 bits per heavy atom. The summed E-state index contributed by atoms with van der Waals surface area (Å²) in [6.45, 7) is 0.887. The predicted octanol–water partition coefficient (Wildman–Crippen LogP) is 2.39. The van der Waals surface area contributed by atoms with Crippen LogP contribution in [0, 0.1) is 11.6 Å². The molecule has 0 aliphatic carbocycles. The van der Waals surface area contributed by atoms with Gasteiger partial charge in [-0.3, -0.25) is 0 Å². The Bertz CT molecular complexity index is 584. The first-order valence-electron chi connectivity index (χ1n) is 5.84. The largest absolute Gasteiger partial charge is 0.337 e. The molecule has 1 fully saturated rings. The number of hydrogen-bond acceptors (Lipinski definition) is 5. The maximum absolute atomic E-state index is 13.1. The molecule has 7 heteroatoms. The molecule has 0 radical (unpaired) electrons. The van der Waals surface area contributed by atoms with Gasteiger partial charge in [-0.2, -0.15) is 16.7 Å². The Labute approximate surface area is 112 Å². The van der Waals surface area contributed by atoms with Crippen molar-refractivity contribution >= 4 is 11.8 Å². The number of thioether (sulfide) groups is 1. The first-order chi connectivity index (χ1) is 9.24. The maximum atomic E-state index is 13.1. The fourth-order valence-electron chi connectivity index (χ4n) is 1.85. The molecule has 4 nitrogen and oxygen atoms in total. The van der Waals surface area contributed by atoms with E-state index in [2.05, 4.69) is 15.5 Å². The molecule has 3 rings (SSSR count). The second-order valence-electron chi connectivity index (χ2n) is 4.17. The standard InChI is InChI=1S/C12H11F2N3OS/c13-8-2-1-7(5-9(8)14)11-16-12(18-17-11)10-6-19-4-3-15-10/h1-2,5,10,15H,3-4,6H2. The average molecular weight is 283 g/mol. The third-order valence-electron chi connectivity index (χ3n) is 2.84. The molecule has 0 saturated carbocycles. The number of nitrogens with zero attached hydrogens (tertiary/aromatic N) is 2. The number of aromatic nitrogens is 2. The van der Waals surface area contributed by atoms with Gasteiger partial charge in [0.2, 0.25) is 11.7 Å². The third-order valence-corrected chi connectivity index (χ3v) is 3.90. The van der Waals surface area contributed by atoms with Gasteiger partial charge in [-0.1, -0.05) is 5.16 Å². The summed E-state index contributed by atoms with van der Waals surface area (Å²) in [4.78, 5) is 4.23. The van der Waals surface area contributed by atoms with Crippen molar-refractivity contribution in [3.8, 4) is 11.4 Å². The van der Waals surface area contributed by atoms with Gasteiger partial charge < -0.3 is 9.84 Å². The zero-order chi connectivity index (χ0) is 13.2. The minimum absolute atomic E-state index is 0.0188. The van der Waals surface area contributed by atoms with Crippen LogP contribution in [0.1, 0.15) is 11.9 Å². The molecule has 1 unspecified atom stereocenters. The van der Waals surface area contributed by atoms with Gasteiger partial charge in [0, 0.05) is 23.6 Å². The van der Waals surface area contributed by atoms with Gasteiger partial charge in [0.1, 0.15) is 0 Å². The fourth-order valence-corrected chi connectivity index (χ4v) is 2.78. The molecule has 19 heavy (non-hydrogen) atoms. The molecule has 1 aromatic heterocycles. The SMILES string of the molecule is Fc1ccc(-c2noc(C3CSCCN3)n2)cc1F. The summed E-state index contributed by atoms with van der Waals surface area (Å²) < 4.78 is 31.2. The van der Waals surface area contributed by atoms with Crippen molar-refractivity contribution in [1.29, 1.82) is 0 Å². The molecule has 1 atom stereocenters. The van der Waals surface area contributed by atoms with Crippen LogP contribution in [-0.4, -0.2) is 28.2 Å². The van der Waals surface area contributed by atoms with E-state index in [4.69, 9.17) is 4.52 Å². The normalized spacial score (nSPS) is 19.6. The van der Waals surface area contributed by atoms with Crippen LogP contribution in [0.25, 0.3) is 11.4 Å². The van der Waals surface area contributed by atoms with Crippen LogP contribution in [0.3, 0.4) is 0 Å². The molecule has 0 amide bonds. The maximum Gasteiger partial charge on any atom is 0.244 e. The van der Waals surface area contributed by atoms with Gasteiger partial charge in [-0.15, -0.1) is 0 Å². The molecule has 1 N–H and O–H groups in total. The molecule has 0 bridgehead atoms. The first kappa shape index (κ1) is 12.6. The fraction of sp³-hybridized carbons (Fsp3) is 0.333. The highest BCUT2D eigenvalue weighted by Crippen LogP contribution is 2.24. The highest BCUT2D eigenvalue weighted by molar-refractivity contribution is 7.99. The first-order valence-corrected chi connectivity index (χ1v) is 6.99. The molecule has 0 spiro atoms. The topological polar surface area (TPSA) is 51.0 Å². The van der Waals surface area contributed by atoms with Gasteiger partial charge in [0.05, 0.1) is 6.04 Å². The van der Waals surface area contributed by atoms with Gasteiger partial charge in [0.25, 0.3) is 0 Å². The summed E-state index contributed by atoms with van der Waals surface area (Å²) >= 11 is 1.81. The molecular weight excluding hydrogens is 272 g/mol. The van der Waals surface area contributed by atoms with Gasteiger partial charge in [-0.05, 0) is 18.2 Å². The number of benzene rings is 1. The van der Waals surface area contributed by atoms with E-state index in [9.17, 15) is 8.78 Å². The zero-order valence-electron chi connectivity index (χ0n) is 9.90. The summed E-state index contributed by atoms with van der Waals surface area (Å²) in [5.74, 6) is 0.853. The van der Waals surface area contributed by atoms with E-state index in [1.54, 1.807) is 0 Å². The van der Waals surface area contributed by atoms with Crippen molar-refractivity contribution in [3.05, 3.63) is 35.7 Å². The lowest BCUT2D eigenvalue weighted by Gasteiger charge is -2.19. The van der Waals surface area contributed by atoms with E-state index in [0.29, 0.717) is 11.5 Å². The summed E-state index contributed by atoms with van der Waals surface area (Å²) in [5.41, 5.74) is 0.400. The lowest BCUT2D eigenvalue weighted by Crippen LogP contribution is -2.30. The monoisotopic (exact) mass is 283 g/mol. The summed E-state index contributed by atoms with van der Waals surface area (Å²) in [6, 6.07) is 3.56. The number of rotatable bonds is 2. The second kappa shape index (κ2) is 5.26. The predicted molar refractivity (Wildman–Crippen MR) is 67.7 cm³/mol. The van der Waals surface area contributed by atoms with Crippen LogP contribution < -0.4 is 5.32 Å². The van der Waals surface area contributed by atoms with E-state index in [1.807, 2.05) is 11.8 Å². The smallest absolute Gasteiger partial charge is 0.244 e. The highest BCUT2D eigenvalue weighted by Gasteiger charge is 2.22. The lowest BCUT2D eigenvalue weighted by atomic mass is 10.2. The molecule has 2 aromatic rings. The molecule has 100 valence electrons. The highest BCUT2D eigenvalue weighted by atomic mass is 32.2. The molecule has 2 heterocycles. The molecular formula is C12H11F2N3OS. The Hall–Kier alpha value is -1.47. The van der Waals surface area contributed by atoms with Crippen molar-refractivity contribution in [3.63, 3.8) is 0 Å². The lowest BCUT2D eigenvalue weighted by molar-refractivity contribution is 0.342. The van der Waals surface area contributed by atoms with E-state index >= 15 is 0 Å². The van der Waals surface area contributed by atoms with Crippen LogP contribution >= 0.6 is 11.8 Å². The van der Waals surface area contributed by atoms with Gasteiger partial charge in [-0.25, -0.2) is 8.78 Å². The minimum atomic E-state index is -0.921. The molecule has 1 aromatic carbocycles. The minimum Gasteiger partial charge on any atom is -0.337 e. The van der Waals surface area contributed by atoms with Crippen LogP contribution in [0.4, 0.5) is 8.78 Å². The quantitative estimate of drug-likeness (QED) is 0.917. The van der Waals surface area contributed by atoms with E-state index < -0.39 is 11.6 Å². The Morgan fingerprint density at radius 1 is 1.32 bits per heavy atom. The van der Waals surface area contributed by atoms with Crippen molar-refractivity contribution in [2.75, 3.05) is 18.1 Å². The van der Waals surface area contributed by atoms with E-state index in [0.717, 1.165) is 30.2 Å².